The van der Waals surface area contributed by atoms with Crippen LogP contribution < -0.4 is 11.1 Å². The summed E-state index contributed by atoms with van der Waals surface area (Å²) in [5, 5.41) is 15.1. The van der Waals surface area contributed by atoms with Gasteiger partial charge in [0.2, 0.25) is 5.91 Å². The van der Waals surface area contributed by atoms with Gasteiger partial charge in [-0.3, -0.25) is 4.79 Å². The quantitative estimate of drug-likeness (QED) is 0.317. The number of carbonyl (C=O) groups is 1. The van der Waals surface area contributed by atoms with Gasteiger partial charge in [0.1, 0.15) is 5.41 Å². The van der Waals surface area contributed by atoms with Crippen LogP contribution >= 0.6 is 0 Å². The molecule has 1 saturated carbocycles. The molecule has 1 aliphatic heterocycles. The molecular formula is C15H27N3O3. The Morgan fingerprint density at radius 1 is 1.33 bits per heavy atom. The van der Waals surface area contributed by atoms with E-state index >= 15 is 0 Å². The molecule has 0 spiro atoms. The monoisotopic (exact) mass is 297 g/mol. The molecule has 2 fully saturated rings. The fraction of sp³-hybridized carbons (Fsp3) is 0.867. The third-order valence-corrected chi connectivity index (χ3v) is 5.07. The minimum Gasteiger partial charge on any atom is -0.409 e. The number of rotatable bonds is 4. The van der Waals surface area contributed by atoms with Crippen LogP contribution in [0.15, 0.2) is 5.16 Å². The highest BCUT2D eigenvalue weighted by molar-refractivity contribution is 6.06. The van der Waals surface area contributed by atoms with Crippen LogP contribution in [-0.2, 0) is 9.53 Å². The summed E-state index contributed by atoms with van der Waals surface area (Å²) in [5.41, 5.74) is 4.89. The van der Waals surface area contributed by atoms with Crippen molar-refractivity contribution in [3.8, 4) is 0 Å². The van der Waals surface area contributed by atoms with E-state index in [4.69, 9.17) is 15.7 Å². The van der Waals surface area contributed by atoms with Crippen molar-refractivity contribution >= 4 is 11.7 Å². The Bertz CT molecular complexity index is 384. The number of nitrogens with two attached hydrogens (primary N) is 1. The van der Waals surface area contributed by atoms with Gasteiger partial charge in [-0.1, -0.05) is 24.9 Å². The number of hydrogen-bond acceptors (Lipinski definition) is 4. The fourth-order valence-corrected chi connectivity index (χ4v) is 3.35. The van der Waals surface area contributed by atoms with Crippen LogP contribution in [0.4, 0.5) is 0 Å². The Kier molecular flexibility index (Phi) is 5.45. The molecule has 6 heteroatoms. The number of nitrogens with zero attached hydrogens (tertiary/aromatic N) is 1. The molecule has 21 heavy (non-hydrogen) atoms. The van der Waals surface area contributed by atoms with Crippen LogP contribution in [0.5, 0.6) is 0 Å². The van der Waals surface area contributed by atoms with E-state index in [1.54, 1.807) is 0 Å². The van der Waals surface area contributed by atoms with Gasteiger partial charge in [0.25, 0.3) is 0 Å². The smallest absolute Gasteiger partial charge is 0.234 e. The first-order valence-corrected chi connectivity index (χ1v) is 7.92. The van der Waals surface area contributed by atoms with Gasteiger partial charge < -0.3 is 21.0 Å². The van der Waals surface area contributed by atoms with E-state index in [0.717, 1.165) is 5.92 Å². The summed E-state index contributed by atoms with van der Waals surface area (Å²) in [6.07, 6.45) is 5.74. The Balaban J connectivity index is 1.93. The molecule has 1 saturated heterocycles. The highest BCUT2D eigenvalue weighted by Gasteiger charge is 2.44. The molecule has 0 aromatic heterocycles. The second kappa shape index (κ2) is 7.11. The number of nitrogens with one attached hydrogen (secondary N) is 1. The van der Waals surface area contributed by atoms with Gasteiger partial charge in [0.15, 0.2) is 5.84 Å². The topological polar surface area (TPSA) is 96.9 Å². The standard InChI is InChI=1S/C15H27N3O3/c1-11-2-4-12(5-3-11)10-17-14(19)15(13(16)18-20)6-8-21-9-7-15/h11-12,20H,2-10H2,1H3,(H2,16,18)(H,17,19). The third kappa shape index (κ3) is 3.67. The molecule has 1 amide bonds. The second-order valence-corrected chi connectivity index (χ2v) is 6.52. The van der Waals surface area contributed by atoms with Gasteiger partial charge in [-0.25, -0.2) is 0 Å². The molecule has 0 aromatic carbocycles. The van der Waals surface area contributed by atoms with Crippen molar-refractivity contribution in [1.29, 1.82) is 0 Å². The zero-order chi connectivity index (χ0) is 15.3. The van der Waals surface area contributed by atoms with Gasteiger partial charge in [0.05, 0.1) is 0 Å². The largest absolute Gasteiger partial charge is 0.409 e. The highest BCUT2D eigenvalue weighted by Crippen LogP contribution is 2.32. The molecule has 2 rings (SSSR count). The molecule has 4 N–H and O–H groups in total. The zero-order valence-electron chi connectivity index (χ0n) is 12.8. The maximum atomic E-state index is 12.6. The minimum atomic E-state index is -0.908. The Morgan fingerprint density at radius 2 is 1.95 bits per heavy atom. The van der Waals surface area contributed by atoms with Crippen LogP contribution in [0, 0.1) is 17.3 Å². The summed E-state index contributed by atoms with van der Waals surface area (Å²) >= 11 is 0. The van der Waals surface area contributed by atoms with E-state index in [1.165, 1.54) is 25.7 Å². The van der Waals surface area contributed by atoms with Gasteiger partial charge in [-0.05, 0) is 37.5 Å². The lowest BCUT2D eigenvalue weighted by molar-refractivity contribution is -0.131. The number of oxime groups is 1. The van der Waals surface area contributed by atoms with Crippen molar-refractivity contribution in [2.75, 3.05) is 19.8 Å². The average Bonchev–Trinajstić information content (AvgIpc) is 2.53. The number of ether oxygens (including phenoxy) is 1. The Labute approximate surface area is 126 Å². The zero-order valence-corrected chi connectivity index (χ0v) is 12.8. The van der Waals surface area contributed by atoms with Gasteiger partial charge >= 0.3 is 0 Å². The first-order chi connectivity index (χ1) is 10.1. The molecule has 6 nitrogen and oxygen atoms in total. The van der Waals surface area contributed by atoms with E-state index in [9.17, 15) is 4.79 Å². The van der Waals surface area contributed by atoms with Crippen LogP contribution in [0.2, 0.25) is 0 Å². The van der Waals surface area contributed by atoms with Crippen molar-refractivity contribution in [2.24, 2.45) is 28.1 Å². The highest BCUT2D eigenvalue weighted by atomic mass is 16.5. The van der Waals surface area contributed by atoms with Crippen molar-refractivity contribution in [2.45, 2.75) is 45.4 Å². The SMILES string of the molecule is CC1CCC(CNC(=O)C2(C(N)=NO)CCOCC2)CC1. The van der Waals surface area contributed by atoms with Crippen LogP contribution in [0.25, 0.3) is 0 Å². The molecule has 1 heterocycles. The van der Waals surface area contributed by atoms with Crippen LogP contribution in [-0.4, -0.2) is 36.7 Å². The summed E-state index contributed by atoms with van der Waals surface area (Å²) in [6.45, 7) is 3.90. The summed E-state index contributed by atoms with van der Waals surface area (Å²) in [5.74, 6) is 1.23. The van der Waals surface area contributed by atoms with Gasteiger partial charge in [-0.2, -0.15) is 0 Å². The summed E-state index contributed by atoms with van der Waals surface area (Å²) in [4.78, 5) is 12.6. The van der Waals surface area contributed by atoms with Gasteiger partial charge in [0, 0.05) is 19.8 Å². The third-order valence-electron chi connectivity index (χ3n) is 5.07. The predicted octanol–water partition coefficient (Wildman–Crippen LogP) is 1.47. The van der Waals surface area contributed by atoms with Crippen LogP contribution in [0.3, 0.4) is 0 Å². The van der Waals surface area contributed by atoms with E-state index < -0.39 is 5.41 Å². The molecular weight excluding hydrogens is 270 g/mol. The normalized spacial score (nSPS) is 29.9. The Hall–Kier alpha value is -1.30. The number of amides is 1. The van der Waals surface area contributed by atoms with E-state index in [0.29, 0.717) is 38.5 Å². The molecule has 120 valence electrons. The number of hydrogen-bond donors (Lipinski definition) is 3. The van der Waals surface area contributed by atoms with Crippen molar-refractivity contribution in [3.63, 3.8) is 0 Å². The van der Waals surface area contributed by atoms with E-state index in [1.807, 2.05) is 0 Å². The summed E-state index contributed by atoms with van der Waals surface area (Å²) in [7, 11) is 0. The second-order valence-electron chi connectivity index (χ2n) is 6.52. The van der Waals surface area contributed by atoms with Crippen LogP contribution in [0.1, 0.15) is 45.4 Å². The first-order valence-electron chi connectivity index (χ1n) is 7.92. The molecule has 0 unspecified atom stereocenters. The molecule has 0 atom stereocenters. The molecule has 1 aliphatic carbocycles. The summed E-state index contributed by atoms with van der Waals surface area (Å²) < 4.78 is 5.30. The predicted molar refractivity (Wildman–Crippen MR) is 80.0 cm³/mol. The Morgan fingerprint density at radius 3 is 2.52 bits per heavy atom. The molecule has 0 radical (unpaired) electrons. The van der Waals surface area contributed by atoms with Crippen molar-refractivity contribution < 1.29 is 14.7 Å². The average molecular weight is 297 g/mol. The molecule has 2 aliphatic rings. The van der Waals surface area contributed by atoms with Crippen molar-refractivity contribution in [1.82, 2.24) is 5.32 Å². The van der Waals surface area contributed by atoms with E-state index in [2.05, 4.69) is 17.4 Å². The maximum absolute atomic E-state index is 12.6. The summed E-state index contributed by atoms with van der Waals surface area (Å²) in [6, 6.07) is 0. The number of amidine groups is 1. The molecule has 0 aromatic rings. The lowest BCUT2D eigenvalue weighted by Gasteiger charge is -2.35. The number of carbonyl (C=O) groups excluding carboxylic acids is 1. The maximum Gasteiger partial charge on any atom is 0.234 e. The minimum absolute atomic E-state index is 0.000524. The first kappa shape index (κ1) is 16.1. The van der Waals surface area contributed by atoms with Gasteiger partial charge in [-0.15, -0.1) is 0 Å². The molecule has 0 bridgehead atoms. The lowest BCUT2D eigenvalue weighted by atomic mass is 9.77. The lowest BCUT2D eigenvalue weighted by Crippen LogP contribution is -2.53. The van der Waals surface area contributed by atoms with Crippen molar-refractivity contribution in [3.05, 3.63) is 0 Å². The van der Waals surface area contributed by atoms with E-state index in [-0.39, 0.29) is 11.7 Å². The fourth-order valence-electron chi connectivity index (χ4n) is 3.35.